The van der Waals surface area contributed by atoms with Crippen LogP contribution in [-0.4, -0.2) is 50.2 Å². The highest BCUT2D eigenvalue weighted by atomic mass is 16.5. The van der Waals surface area contributed by atoms with Crippen LogP contribution in [-0.2, 0) is 9.53 Å². The number of carbonyl (C=O) groups excluding carboxylic acids is 1. The van der Waals surface area contributed by atoms with Crippen molar-refractivity contribution < 1.29 is 9.53 Å². The highest BCUT2D eigenvalue weighted by Crippen LogP contribution is 2.15. The van der Waals surface area contributed by atoms with Crippen LogP contribution in [0.5, 0.6) is 0 Å². The zero-order chi connectivity index (χ0) is 15.7. The molecule has 0 aromatic heterocycles. The van der Waals surface area contributed by atoms with Crippen molar-refractivity contribution in [2.24, 2.45) is 0 Å². The van der Waals surface area contributed by atoms with Crippen molar-refractivity contribution in [3.05, 3.63) is 29.8 Å². The Morgan fingerprint density at radius 1 is 1.10 bits per heavy atom. The molecule has 0 N–H and O–H groups in total. The van der Waals surface area contributed by atoms with E-state index in [0.717, 1.165) is 18.8 Å². The van der Waals surface area contributed by atoms with E-state index in [2.05, 4.69) is 18.7 Å². The normalized spacial score (nSPS) is 10.9. The van der Waals surface area contributed by atoms with Crippen molar-refractivity contribution in [1.29, 1.82) is 0 Å². The van der Waals surface area contributed by atoms with Gasteiger partial charge in [-0.3, -0.25) is 9.69 Å². The molecule has 0 aliphatic carbocycles. The number of nitrogens with zero attached hydrogens (tertiary/aromatic N) is 2. The Kier molecular flexibility index (Phi) is 8.01. The highest BCUT2D eigenvalue weighted by Gasteiger charge is 2.17. The van der Waals surface area contributed by atoms with Gasteiger partial charge in [-0.15, -0.1) is 0 Å². The summed E-state index contributed by atoms with van der Waals surface area (Å²) < 4.78 is 5.41. The Balaban J connectivity index is 2.80. The van der Waals surface area contributed by atoms with E-state index < -0.39 is 0 Å². The van der Waals surface area contributed by atoms with Gasteiger partial charge >= 0.3 is 0 Å². The summed E-state index contributed by atoms with van der Waals surface area (Å²) in [6.07, 6.45) is 0. The molecule has 1 amide bonds. The molecule has 4 nitrogen and oxygen atoms in total. The molecular weight excluding hydrogens is 264 g/mol. The third-order valence-electron chi connectivity index (χ3n) is 3.56. The lowest BCUT2D eigenvalue weighted by atomic mass is 10.2. The number of amides is 1. The van der Waals surface area contributed by atoms with Gasteiger partial charge in [0.25, 0.3) is 0 Å². The average molecular weight is 292 g/mol. The number of hydrogen-bond acceptors (Lipinski definition) is 3. The van der Waals surface area contributed by atoms with Crippen LogP contribution in [0.1, 0.15) is 26.3 Å². The van der Waals surface area contributed by atoms with Gasteiger partial charge in [-0.25, -0.2) is 0 Å². The minimum Gasteiger partial charge on any atom is -0.380 e. The quantitative estimate of drug-likeness (QED) is 0.656. The van der Waals surface area contributed by atoms with Crippen molar-refractivity contribution in [3.63, 3.8) is 0 Å². The summed E-state index contributed by atoms with van der Waals surface area (Å²) in [6.45, 7) is 12.2. The molecule has 0 radical (unpaired) electrons. The van der Waals surface area contributed by atoms with Crippen LogP contribution in [0.15, 0.2) is 24.3 Å². The summed E-state index contributed by atoms with van der Waals surface area (Å²) in [6, 6.07) is 8.07. The molecule has 1 aromatic carbocycles. The molecule has 21 heavy (non-hydrogen) atoms. The number of rotatable bonds is 9. The minimum absolute atomic E-state index is 0.127. The summed E-state index contributed by atoms with van der Waals surface area (Å²) >= 11 is 0. The lowest BCUT2D eigenvalue weighted by molar-refractivity contribution is -0.119. The summed E-state index contributed by atoms with van der Waals surface area (Å²) in [4.78, 5) is 16.5. The average Bonchev–Trinajstić information content (AvgIpc) is 2.50. The third kappa shape index (κ3) is 5.86. The van der Waals surface area contributed by atoms with Crippen LogP contribution < -0.4 is 4.90 Å². The van der Waals surface area contributed by atoms with Gasteiger partial charge in [0.1, 0.15) is 0 Å². The first-order chi connectivity index (χ1) is 10.1. The Bertz CT molecular complexity index is 413. The van der Waals surface area contributed by atoms with E-state index in [0.29, 0.717) is 26.3 Å². The molecular formula is C17H28N2O2. The number of ether oxygens (including phenoxy) is 1. The second-order valence-electron chi connectivity index (χ2n) is 5.04. The first-order valence-corrected chi connectivity index (χ1v) is 7.79. The van der Waals surface area contributed by atoms with Crippen molar-refractivity contribution in [2.45, 2.75) is 27.7 Å². The number of benzene rings is 1. The topological polar surface area (TPSA) is 32.8 Å². The summed E-state index contributed by atoms with van der Waals surface area (Å²) in [5.74, 6) is 0.127. The van der Waals surface area contributed by atoms with Crippen LogP contribution in [0.3, 0.4) is 0 Å². The van der Waals surface area contributed by atoms with Crippen LogP contribution in [0.25, 0.3) is 0 Å². The molecule has 0 atom stereocenters. The molecule has 0 fully saturated rings. The monoisotopic (exact) mass is 292 g/mol. The fourth-order valence-electron chi connectivity index (χ4n) is 2.15. The maximum atomic E-state index is 12.6. The number of aryl methyl sites for hydroxylation is 1. The SMILES string of the molecule is CCOCCN(C(=O)CN(CC)CC)c1ccc(C)cc1. The molecule has 1 rings (SSSR count). The van der Waals surface area contributed by atoms with E-state index in [4.69, 9.17) is 4.74 Å². The lowest BCUT2D eigenvalue weighted by Gasteiger charge is -2.26. The summed E-state index contributed by atoms with van der Waals surface area (Å²) in [7, 11) is 0. The van der Waals surface area contributed by atoms with E-state index in [9.17, 15) is 4.79 Å². The zero-order valence-corrected chi connectivity index (χ0v) is 13.8. The van der Waals surface area contributed by atoms with Crippen LogP contribution in [0, 0.1) is 6.92 Å². The predicted molar refractivity (Wildman–Crippen MR) is 87.8 cm³/mol. The molecule has 0 spiro atoms. The first kappa shape index (κ1) is 17.7. The van der Waals surface area contributed by atoms with Crippen LogP contribution in [0.4, 0.5) is 5.69 Å². The zero-order valence-electron chi connectivity index (χ0n) is 13.8. The van der Waals surface area contributed by atoms with Crippen molar-refractivity contribution in [3.8, 4) is 0 Å². The maximum absolute atomic E-state index is 12.6. The Morgan fingerprint density at radius 3 is 2.24 bits per heavy atom. The maximum Gasteiger partial charge on any atom is 0.241 e. The molecule has 0 saturated carbocycles. The number of likely N-dealkylation sites (N-methyl/N-ethyl adjacent to an activating group) is 1. The van der Waals surface area contributed by atoms with Crippen LogP contribution in [0.2, 0.25) is 0 Å². The van der Waals surface area contributed by atoms with Gasteiger partial charge in [-0.2, -0.15) is 0 Å². The predicted octanol–water partition coefficient (Wildman–Crippen LogP) is 2.71. The molecule has 0 aliphatic rings. The van der Waals surface area contributed by atoms with Gasteiger partial charge in [0.15, 0.2) is 0 Å². The van der Waals surface area contributed by atoms with Gasteiger partial charge in [0.05, 0.1) is 13.2 Å². The first-order valence-electron chi connectivity index (χ1n) is 7.79. The van der Waals surface area contributed by atoms with E-state index in [-0.39, 0.29) is 5.91 Å². The standard InChI is InChI=1S/C17H28N2O2/c1-5-18(6-2)14-17(20)19(12-13-21-7-3)16-10-8-15(4)9-11-16/h8-11H,5-7,12-14H2,1-4H3. The van der Waals surface area contributed by atoms with Gasteiger partial charge < -0.3 is 9.64 Å². The van der Waals surface area contributed by atoms with E-state index in [1.54, 1.807) is 0 Å². The smallest absolute Gasteiger partial charge is 0.241 e. The van der Waals surface area contributed by atoms with Crippen LogP contribution >= 0.6 is 0 Å². The van der Waals surface area contributed by atoms with Gasteiger partial charge in [0.2, 0.25) is 5.91 Å². The molecule has 0 saturated heterocycles. The molecule has 118 valence electrons. The van der Waals surface area contributed by atoms with Gasteiger partial charge in [-0.1, -0.05) is 31.5 Å². The Labute approximate surface area is 128 Å². The third-order valence-corrected chi connectivity index (χ3v) is 3.56. The van der Waals surface area contributed by atoms with Crippen molar-refractivity contribution in [2.75, 3.05) is 44.3 Å². The fourth-order valence-corrected chi connectivity index (χ4v) is 2.15. The Hall–Kier alpha value is -1.39. The second-order valence-corrected chi connectivity index (χ2v) is 5.04. The Morgan fingerprint density at radius 2 is 1.71 bits per heavy atom. The lowest BCUT2D eigenvalue weighted by Crippen LogP contribution is -2.42. The largest absolute Gasteiger partial charge is 0.380 e. The molecule has 0 aliphatic heterocycles. The fraction of sp³-hybridized carbons (Fsp3) is 0.588. The van der Waals surface area contributed by atoms with E-state index >= 15 is 0 Å². The summed E-state index contributed by atoms with van der Waals surface area (Å²) in [5.41, 5.74) is 2.14. The number of anilines is 1. The molecule has 1 aromatic rings. The van der Waals surface area contributed by atoms with E-state index in [1.807, 2.05) is 43.0 Å². The minimum atomic E-state index is 0.127. The van der Waals surface area contributed by atoms with Crippen molar-refractivity contribution >= 4 is 11.6 Å². The van der Waals surface area contributed by atoms with Gasteiger partial charge in [-0.05, 0) is 39.1 Å². The number of hydrogen-bond donors (Lipinski definition) is 0. The van der Waals surface area contributed by atoms with E-state index in [1.165, 1.54) is 5.56 Å². The summed E-state index contributed by atoms with van der Waals surface area (Å²) in [5, 5.41) is 0. The molecule has 4 heteroatoms. The highest BCUT2D eigenvalue weighted by molar-refractivity contribution is 5.94. The number of carbonyl (C=O) groups is 1. The van der Waals surface area contributed by atoms with Crippen molar-refractivity contribution in [1.82, 2.24) is 4.90 Å². The van der Waals surface area contributed by atoms with Gasteiger partial charge in [0, 0.05) is 18.8 Å². The molecule has 0 heterocycles. The molecule has 0 unspecified atom stereocenters. The second kappa shape index (κ2) is 9.53. The molecule has 0 bridgehead atoms.